The Morgan fingerprint density at radius 1 is 1.07 bits per heavy atom. The molecule has 2 aromatic rings. The number of piperazine rings is 1. The summed E-state index contributed by atoms with van der Waals surface area (Å²) in [4.78, 5) is 20.2. The first-order chi connectivity index (χ1) is 14.1. The molecule has 4 rings (SSSR count). The van der Waals surface area contributed by atoms with Crippen molar-refractivity contribution in [2.75, 3.05) is 37.6 Å². The highest BCUT2D eigenvalue weighted by atomic mass is 32.1. The topological polar surface area (TPSA) is 36.0 Å². The van der Waals surface area contributed by atoms with Crippen molar-refractivity contribution in [3.05, 3.63) is 46.2 Å². The van der Waals surface area contributed by atoms with Crippen molar-refractivity contribution in [2.45, 2.75) is 45.9 Å². The van der Waals surface area contributed by atoms with Gasteiger partial charge in [-0.3, -0.25) is 9.69 Å². The second-order valence-corrected chi connectivity index (χ2v) is 9.26. The van der Waals surface area contributed by atoms with Crippen molar-refractivity contribution in [1.82, 2.24) is 9.80 Å². The van der Waals surface area contributed by atoms with Gasteiger partial charge in [0.2, 0.25) is 5.91 Å². The lowest BCUT2D eigenvalue weighted by atomic mass is 10.2. The van der Waals surface area contributed by atoms with E-state index in [1.165, 1.54) is 16.1 Å². The van der Waals surface area contributed by atoms with Gasteiger partial charge in [0.25, 0.3) is 0 Å². The minimum absolute atomic E-state index is 0.196. The monoisotopic (exact) mass is 413 g/mol. The summed E-state index contributed by atoms with van der Waals surface area (Å²) in [6.45, 7) is 11.0. The molecule has 1 aromatic carbocycles. The Hall–Kier alpha value is -2.05. The average molecular weight is 414 g/mol. The lowest BCUT2D eigenvalue weighted by Crippen LogP contribution is -2.45. The van der Waals surface area contributed by atoms with Gasteiger partial charge in [-0.1, -0.05) is 6.07 Å². The summed E-state index contributed by atoms with van der Waals surface area (Å²) < 4.78 is 5.84. The highest BCUT2D eigenvalue weighted by Crippen LogP contribution is 2.25. The Labute approximate surface area is 177 Å². The van der Waals surface area contributed by atoms with Crippen molar-refractivity contribution < 1.29 is 9.53 Å². The van der Waals surface area contributed by atoms with Gasteiger partial charge >= 0.3 is 0 Å². The predicted octanol–water partition coefficient (Wildman–Crippen LogP) is 3.98. The minimum Gasteiger partial charge on any atom is -0.491 e. The molecule has 0 atom stereocenters. The zero-order chi connectivity index (χ0) is 20.2. The molecule has 0 spiro atoms. The normalized spacial score (nSPS) is 18.1. The lowest BCUT2D eigenvalue weighted by molar-refractivity contribution is -0.128. The largest absolute Gasteiger partial charge is 0.491 e. The Balaban J connectivity index is 1.27. The summed E-state index contributed by atoms with van der Waals surface area (Å²) >= 11 is 1.82. The number of anilines is 1. The fourth-order valence-electron chi connectivity index (χ4n) is 4.09. The standard InChI is InChI=1S/C23H31N3O2S/c1-18(2)28-21-6-3-5-20(14-21)25-11-9-24(10-12-25)16-22-13-19(17-29-22)15-26-8-4-7-23(26)27/h3,5-6,13-14,17-18H,4,7-12,15-16H2,1-2H3. The fourth-order valence-corrected chi connectivity index (χ4v) is 5.02. The number of thiophene rings is 1. The first-order valence-electron chi connectivity index (χ1n) is 10.6. The number of carbonyl (C=O) groups is 1. The van der Waals surface area contributed by atoms with Gasteiger partial charge in [0.1, 0.15) is 5.75 Å². The molecule has 2 saturated heterocycles. The Kier molecular flexibility index (Phi) is 6.40. The summed E-state index contributed by atoms with van der Waals surface area (Å²) in [5, 5.41) is 2.22. The van der Waals surface area contributed by atoms with Gasteiger partial charge in [0.05, 0.1) is 6.10 Å². The van der Waals surface area contributed by atoms with Gasteiger partial charge in [-0.25, -0.2) is 0 Å². The smallest absolute Gasteiger partial charge is 0.222 e. The van der Waals surface area contributed by atoms with Gasteiger partial charge in [0.15, 0.2) is 0 Å². The Morgan fingerprint density at radius 3 is 2.62 bits per heavy atom. The van der Waals surface area contributed by atoms with Gasteiger partial charge in [-0.2, -0.15) is 0 Å². The van der Waals surface area contributed by atoms with E-state index in [1.54, 1.807) is 0 Å². The number of amides is 1. The number of hydrogen-bond donors (Lipinski definition) is 0. The van der Waals surface area contributed by atoms with Gasteiger partial charge in [-0.05, 0) is 49.4 Å². The summed E-state index contributed by atoms with van der Waals surface area (Å²) in [6, 6.07) is 10.7. The van der Waals surface area contributed by atoms with E-state index >= 15 is 0 Å². The third-order valence-corrected chi connectivity index (χ3v) is 6.53. The van der Waals surface area contributed by atoms with Crippen LogP contribution in [-0.4, -0.2) is 54.5 Å². The van der Waals surface area contributed by atoms with Crippen LogP contribution < -0.4 is 9.64 Å². The number of likely N-dealkylation sites (tertiary alicyclic amines) is 1. The molecule has 2 aliphatic heterocycles. The molecule has 0 N–H and O–H groups in total. The molecular formula is C23H31N3O2S. The van der Waals surface area contributed by atoms with Crippen molar-refractivity contribution >= 4 is 22.9 Å². The van der Waals surface area contributed by atoms with Crippen LogP contribution in [0.25, 0.3) is 0 Å². The van der Waals surface area contributed by atoms with Crippen LogP contribution in [0.1, 0.15) is 37.1 Å². The molecule has 0 saturated carbocycles. The predicted molar refractivity (Wildman–Crippen MR) is 119 cm³/mol. The summed E-state index contributed by atoms with van der Waals surface area (Å²) in [5.74, 6) is 1.25. The molecule has 0 bridgehead atoms. The number of ether oxygens (including phenoxy) is 1. The molecule has 6 heteroatoms. The van der Waals surface area contributed by atoms with E-state index in [4.69, 9.17) is 4.74 Å². The van der Waals surface area contributed by atoms with E-state index in [0.29, 0.717) is 12.3 Å². The number of carbonyl (C=O) groups excluding carboxylic acids is 1. The van der Waals surface area contributed by atoms with E-state index in [-0.39, 0.29) is 6.10 Å². The van der Waals surface area contributed by atoms with E-state index in [9.17, 15) is 4.79 Å². The maximum Gasteiger partial charge on any atom is 0.222 e. The Morgan fingerprint density at radius 2 is 1.90 bits per heavy atom. The average Bonchev–Trinajstić information content (AvgIpc) is 3.31. The van der Waals surface area contributed by atoms with Crippen molar-refractivity contribution in [1.29, 1.82) is 0 Å². The molecule has 29 heavy (non-hydrogen) atoms. The maximum atomic E-state index is 11.8. The number of benzene rings is 1. The molecule has 0 aliphatic carbocycles. The summed E-state index contributed by atoms with van der Waals surface area (Å²) in [7, 11) is 0. The molecule has 5 nitrogen and oxygen atoms in total. The fraction of sp³-hybridized carbons (Fsp3) is 0.522. The van der Waals surface area contributed by atoms with Gasteiger partial charge in [0, 0.05) is 68.9 Å². The maximum absolute atomic E-state index is 11.8. The number of nitrogens with zero attached hydrogens (tertiary/aromatic N) is 3. The number of hydrogen-bond acceptors (Lipinski definition) is 5. The van der Waals surface area contributed by atoms with Crippen LogP contribution in [0.3, 0.4) is 0 Å². The van der Waals surface area contributed by atoms with Crippen LogP contribution in [0.4, 0.5) is 5.69 Å². The van der Waals surface area contributed by atoms with E-state index in [0.717, 1.165) is 58.0 Å². The quantitative estimate of drug-likeness (QED) is 0.688. The Bertz CT molecular complexity index is 827. The first kappa shape index (κ1) is 20.2. The highest BCUT2D eigenvalue weighted by molar-refractivity contribution is 7.10. The summed E-state index contributed by atoms with van der Waals surface area (Å²) in [5.41, 5.74) is 2.53. The minimum atomic E-state index is 0.196. The molecule has 2 fully saturated rings. The van der Waals surface area contributed by atoms with Crippen molar-refractivity contribution in [3.63, 3.8) is 0 Å². The number of rotatable bonds is 7. The van der Waals surface area contributed by atoms with Crippen LogP contribution >= 0.6 is 11.3 Å². The van der Waals surface area contributed by atoms with E-state index < -0.39 is 0 Å². The van der Waals surface area contributed by atoms with Crippen molar-refractivity contribution in [3.8, 4) is 5.75 Å². The van der Waals surface area contributed by atoms with E-state index in [2.05, 4.69) is 53.3 Å². The van der Waals surface area contributed by atoms with Crippen LogP contribution in [0.5, 0.6) is 5.75 Å². The van der Waals surface area contributed by atoms with Crippen LogP contribution in [0.2, 0.25) is 0 Å². The lowest BCUT2D eigenvalue weighted by Gasteiger charge is -2.36. The first-order valence-corrected chi connectivity index (χ1v) is 11.5. The molecule has 2 aliphatic rings. The van der Waals surface area contributed by atoms with Crippen LogP contribution in [0, 0.1) is 0 Å². The molecule has 1 amide bonds. The third-order valence-electron chi connectivity index (χ3n) is 5.56. The molecule has 0 radical (unpaired) electrons. The zero-order valence-corrected chi connectivity index (χ0v) is 18.3. The van der Waals surface area contributed by atoms with Crippen LogP contribution in [-0.2, 0) is 17.9 Å². The van der Waals surface area contributed by atoms with Gasteiger partial charge < -0.3 is 14.5 Å². The molecule has 156 valence electrons. The van der Waals surface area contributed by atoms with Crippen molar-refractivity contribution in [2.24, 2.45) is 0 Å². The van der Waals surface area contributed by atoms with Crippen LogP contribution in [0.15, 0.2) is 35.7 Å². The molecule has 0 unspecified atom stereocenters. The second kappa shape index (κ2) is 9.18. The van der Waals surface area contributed by atoms with Gasteiger partial charge in [-0.15, -0.1) is 11.3 Å². The van der Waals surface area contributed by atoms with E-state index in [1.807, 2.05) is 22.3 Å². The summed E-state index contributed by atoms with van der Waals surface area (Å²) in [6.07, 6.45) is 1.92. The third kappa shape index (κ3) is 5.31. The SMILES string of the molecule is CC(C)Oc1cccc(N2CCN(Cc3cc(CN4CCCC4=O)cs3)CC2)c1. The molecular weight excluding hydrogens is 382 g/mol. The highest BCUT2D eigenvalue weighted by Gasteiger charge is 2.21. The zero-order valence-electron chi connectivity index (χ0n) is 17.5. The molecule has 3 heterocycles. The second-order valence-electron chi connectivity index (χ2n) is 8.27. The molecule has 1 aromatic heterocycles.